The number of rotatable bonds is 7. The van der Waals surface area contributed by atoms with Gasteiger partial charge in [-0.25, -0.2) is 0 Å². The van der Waals surface area contributed by atoms with E-state index in [1.807, 2.05) is 33.8 Å². The molecule has 1 aliphatic rings. The first-order chi connectivity index (χ1) is 10.1. The second kappa shape index (κ2) is 7.60. The average molecular weight is 312 g/mol. The van der Waals surface area contributed by atoms with E-state index in [4.69, 9.17) is 14.2 Å². The molecule has 0 aliphatic carbocycles. The first-order valence-corrected chi connectivity index (χ1v) is 8.32. The van der Waals surface area contributed by atoms with Crippen LogP contribution < -0.4 is 0 Å². The molecule has 0 aromatic heterocycles. The monoisotopic (exact) mass is 312 g/mol. The number of hydrogen-bond acceptors (Lipinski definition) is 4. The van der Waals surface area contributed by atoms with E-state index in [1.54, 1.807) is 0 Å². The van der Waals surface area contributed by atoms with Gasteiger partial charge < -0.3 is 14.2 Å². The van der Waals surface area contributed by atoms with Crippen LogP contribution >= 0.6 is 0 Å². The van der Waals surface area contributed by atoms with E-state index in [1.165, 1.54) is 0 Å². The third-order valence-corrected chi connectivity index (χ3v) is 4.28. The van der Waals surface area contributed by atoms with Crippen LogP contribution in [0.3, 0.4) is 0 Å². The Hall–Kier alpha value is -0.870. The molecule has 1 aliphatic heterocycles. The summed E-state index contributed by atoms with van der Waals surface area (Å²) in [5, 5.41) is 0. The molecule has 0 bridgehead atoms. The van der Waals surface area contributed by atoms with Crippen molar-refractivity contribution in [2.45, 2.75) is 91.3 Å². The highest BCUT2D eigenvalue weighted by Crippen LogP contribution is 2.38. The largest absolute Gasteiger partial charge is 0.462 e. The van der Waals surface area contributed by atoms with Crippen molar-refractivity contribution in [3.8, 4) is 0 Å². The smallest absolute Gasteiger partial charge is 0.305 e. The molecule has 0 spiro atoms. The van der Waals surface area contributed by atoms with E-state index in [9.17, 15) is 4.79 Å². The van der Waals surface area contributed by atoms with E-state index in [2.05, 4.69) is 20.4 Å². The molecule has 0 unspecified atom stereocenters. The van der Waals surface area contributed by atoms with Crippen LogP contribution in [0.2, 0.25) is 0 Å². The van der Waals surface area contributed by atoms with Crippen molar-refractivity contribution in [3.63, 3.8) is 0 Å². The maximum absolute atomic E-state index is 11.5. The van der Waals surface area contributed by atoms with Gasteiger partial charge in [0, 0.05) is 24.7 Å². The van der Waals surface area contributed by atoms with Crippen LogP contribution in [0.5, 0.6) is 0 Å². The summed E-state index contributed by atoms with van der Waals surface area (Å²) in [4.78, 5) is 11.5. The Labute approximate surface area is 135 Å². The van der Waals surface area contributed by atoms with Gasteiger partial charge in [0.15, 0.2) is 5.79 Å². The molecule has 128 valence electrons. The fourth-order valence-electron chi connectivity index (χ4n) is 2.70. The van der Waals surface area contributed by atoms with Gasteiger partial charge in [0.1, 0.15) is 6.10 Å². The Morgan fingerprint density at radius 3 is 2.55 bits per heavy atom. The molecule has 22 heavy (non-hydrogen) atoms. The Balaban J connectivity index is 2.76. The minimum Gasteiger partial charge on any atom is -0.462 e. The fourth-order valence-corrected chi connectivity index (χ4v) is 2.70. The molecular weight excluding hydrogens is 280 g/mol. The Bertz CT molecular complexity index is 387. The molecule has 0 aromatic carbocycles. The van der Waals surface area contributed by atoms with Gasteiger partial charge in [0.25, 0.3) is 0 Å². The zero-order valence-corrected chi connectivity index (χ0v) is 15.0. The third kappa shape index (κ3) is 5.40. The van der Waals surface area contributed by atoms with Crippen molar-refractivity contribution in [2.75, 3.05) is 0 Å². The highest BCUT2D eigenvalue weighted by atomic mass is 16.7. The van der Waals surface area contributed by atoms with Gasteiger partial charge in [-0.1, -0.05) is 33.8 Å². The molecule has 0 radical (unpaired) electrons. The van der Waals surface area contributed by atoms with Crippen LogP contribution in [0.15, 0.2) is 12.7 Å². The van der Waals surface area contributed by atoms with Gasteiger partial charge in [-0.2, -0.15) is 0 Å². The summed E-state index contributed by atoms with van der Waals surface area (Å²) in [6, 6.07) is 0. The Morgan fingerprint density at radius 2 is 2.05 bits per heavy atom. The highest BCUT2D eigenvalue weighted by molar-refractivity contribution is 5.69. The molecule has 0 N–H and O–H groups in total. The van der Waals surface area contributed by atoms with Crippen molar-refractivity contribution >= 4 is 5.97 Å². The van der Waals surface area contributed by atoms with Crippen molar-refractivity contribution in [2.24, 2.45) is 5.41 Å². The maximum atomic E-state index is 11.5. The lowest BCUT2D eigenvalue weighted by molar-refractivity contribution is -0.315. The molecule has 4 nitrogen and oxygen atoms in total. The fraction of sp³-hybridized carbons (Fsp3) is 0.833. The number of carbonyl (C=O) groups excluding carboxylic acids is 1. The minimum absolute atomic E-state index is 0.0163. The van der Waals surface area contributed by atoms with Crippen molar-refractivity contribution < 1.29 is 19.0 Å². The maximum Gasteiger partial charge on any atom is 0.305 e. The highest BCUT2D eigenvalue weighted by Gasteiger charge is 2.42. The summed E-state index contributed by atoms with van der Waals surface area (Å²) in [7, 11) is 0. The SMILES string of the molecule is C=CC(C)(C)[C@@H]1C[C@@H](C[C@H](CC)OC(=O)CC)OC(C)(C)O1. The molecule has 1 fully saturated rings. The molecular formula is C18H32O4. The van der Waals surface area contributed by atoms with E-state index >= 15 is 0 Å². The summed E-state index contributed by atoms with van der Waals surface area (Å²) in [5.74, 6) is -0.790. The normalized spacial score (nSPS) is 26.3. The van der Waals surface area contributed by atoms with Crippen LogP contribution in [-0.2, 0) is 19.0 Å². The molecule has 1 heterocycles. The van der Waals surface area contributed by atoms with Crippen LogP contribution in [0.1, 0.15) is 67.2 Å². The summed E-state index contributed by atoms with van der Waals surface area (Å²) in [6.45, 7) is 15.9. The summed E-state index contributed by atoms with van der Waals surface area (Å²) in [6.07, 6.45) is 4.58. The predicted octanol–water partition coefficient (Wildman–Crippen LogP) is 4.23. The van der Waals surface area contributed by atoms with Gasteiger partial charge in [0.2, 0.25) is 0 Å². The van der Waals surface area contributed by atoms with Crippen LogP contribution in [0, 0.1) is 5.41 Å². The molecule has 3 atom stereocenters. The number of carbonyl (C=O) groups is 1. The quantitative estimate of drug-likeness (QED) is 0.521. The predicted molar refractivity (Wildman–Crippen MR) is 87.5 cm³/mol. The van der Waals surface area contributed by atoms with Crippen LogP contribution in [-0.4, -0.2) is 30.1 Å². The summed E-state index contributed by atoms with van der Waals surface area (Å²) < 4.78 is 17.6. The van der Waals surface area contributed by atoms with E-state index in [0.717, 1.165) is 12.8 Å². The first-order valence-electron chi connectivity index (χ1n) is 8.32. The first kappa shape index (κ1) is 19.2. The average Bonchev–Trinajstić information content (AvgIpc) is 2.44. The van der Waals surface area contributed by atoms with E-state index in [0.29, 0.717) is 12.8 Å². The lowest BCUT2D eigenvalue weighted by Crippen LogP contribution is -2.50. The van der Waals surface area contributed by atoms with Crippen molar-refractivity contribution in [1.82, 2.24) is 0 Å². The zero-order chi connectivity index (χ0) is 17.0. The van der Waals surface area contributed by atoms with Gasteiger partial charge in [-0.15, -0.1) is 6.58 Å². The topological polar surface area (TPSA) is 44.8 Å². The molecule has 0 saturated carbocycles. The van der Waals surface area contributed by atoms with E-state index < -0.39 is 5.79 Å². The zero-order valence-electron chi connectivity index (χ0n) is 15.0. The standard InChI is InChI=1S/C18H32O4/c1-8-13(20-16(19)9-2)11-14-12-15(17(4,5)10-3)22-18(6,7)21-14/h10,13-15H,3,8-9,11-12H2,1-2,4-7H3/t13-,14+,15-/m0/s1. The number of esters is 1. The van der Waals surface area contributed by atoms with Crippen molar-refractivity contribution in [1.29, 1.82) is 0 Å². The molecule has 1 saturated heterocycles. The molecule has 1 rings (SSSR count). The number of ether oxygens (including phenoxy) is 3. The Kier molecular flexibility index (Phi) is 6.63. The van der Waals surface area contributed by atoms with Gasteiger partial charge in [0.05, 0.1) is 12.2 Å². The Morgan fingerprint density at radius 1 is 1.41 bits per heavy atom. The summed E-state index contributed by atoms with van der Waals surface area (Å²) in [5.41, 5.74) is -0.124. The summed E-state index contributed by atoms with van der Waals surface area (Å²) >= 11 is 0. The van der Waals surface area contributed by atoms with Crippen molar-refractivity contribution in [3.05, 3.63) is 12.7 Å². The lowest BCUT2D eigenvalue weighted by Gasteiger charge is -2.46. The van der Waals surface area contributed by atoms with Gasteiger partial charge in [-0.3, -0.25) is 4.79 Å². The second-order valence-electron chi connectivity index (χ2n) is 7.12. The lowest BCUT2D eigenvalue weighted by atomic mass is 9.82. The molecule has 4 heteroatoms. The molecule has 0 aromatic rings. The second-order valence-corrected chi connectivity index (χ2v) is 7.12. The van der Waals surface area contributed by atoms with Gasteiger partial charge >= 0.3 is 5.97 Å². The van der Waals surface area contributed by atoms with Crippen LogP contribution in [0.25, 0.3) is 0 Å². The molecule has 0 amide bonds. The minimum atomic E-state index is -0.638. The van der Waals surface area contributed by atoms with E-state index in [-0.39, 0.29) is 29.7 Å². The van der Waals surface area contributed by atoms with Crippen LogP contribution in [0.4, 0.5) is 0 Å². The van der Waals surface area contributed by atoms with Gasteiger partial charge in [-0.05, 0) is 20.3 Å². The third-order valence-electron chi connectivity index (χ3n) is 4.28. The number of hydrogen-bond donors (Lipinski definition) is 0.